The van der Waals surface area contributed by atoms with Gasteiger partial charge in [0.2, 0.25) is 17.4 Å². The Morgan fingerprint density at radius 2 is 1.79 bits per heavy atom. The smallest absolute Gasteiger partial charge is 0.371 e. The number of allylic oxidation sites excluding steroid dienone is 1. The van der Waals surface area contributed by atoms with Gasteiger partial charge in [0, 0.05) is 18.5 Å². The first-order chi connectivity index (χ1) is 6.61. The van der Waals surface area contributed by atoms with Crippen LogP contribution in [0, 0.1) is 0 Å². The van der Waals surface area contributed by atoms with Crippen molar-refractivity contribution in [1.82, 2.24) is 9.97 Å². The van der Waals surface area contributed by atoms with Crippen LogP contribution in [0.5, 0.6) is 0 Å². The molecule has 6 nitrogen and oxygen atoms in total. The van der Waals surface area contributed by atoms with E-state index in [-0.39, 0.29) is 5.82 Å². The Kier molecular flexibility index (Phi) is 2.90. The summed E-state index contributed by atoms with van der Waals surface area (Å²) in [7, 11) is 0. The molecule has 0 aromatic carbocycles. The second-order valence-electron chi connectivity index (χ2n) is 2.27. The van der Waals surface area contributed by atoms with Gasteiger partial charge in [0.15, 0.2) is 0 Å². The Morgan fingerprint density at radius 1 is 1.21 bits per heavy atom. The van der Waals surface area contributed by atoms with Gasteiger partial charge in [-0.05, 0) is 6.07 Å². The summed E-state index contributed by atoms with van der Waals surface area (Å²) in [6.07, 6.45) is 3.23. The number of carbonyl (C=O) groups is 2. The fourth-order valence-electron chi connectivity index (χ4n) is 0.677. The van der Waals surface area contributed by atoms with Crippen LogP contribution in [-0.4, -0.2) is 31.9 Å². The van der Waals surface area contributed by atoms with Crippen LogP contribution in [0.15, 0.2) is 30.3 Å². The van der Waals surface area contributed by atoms with Gasteiger partial charge < -0.3 is 10.2 Å². The third kappa shape index (κ3) is 2.37. The second kappa shape index (κ2) is 4.13. The number of carboxylic acids is 1. The molecule has 0 atom stereocenters. The number of rotatable bonds is 3. The Hall–Kier alpha value is -2.24. The van der Waals surface area contributed by atoms with Crippen LogP contribution in [-0.2, 0) is 4.79 Å². The predicted octanol–water partition coefficient (Wildman–Crippen LogP) is 0.186. The molecule has 0 radical (unpaired) electrons. The van der Waals surface area contributed by atoms with Crippen molar-refractivity contribution in [3.05, 3.63) is 36.1 Å². The van der Waals surface area contributed by atoms with E-state index in [9.17, 15) is 9.59 Å². The molecule has 14 heavy (non-hydrogen) atoms. The van der Waals surface area contributed by atoms with Crippen LogP contribution in [0.1, 0.15) is 10.6 Å². The number of ketones is 1. The molecule has 0 saturated carbocycles. The van der Waals surface area contributed by atoms with Crippen LogP contribution in [0.2, 0.25) is 0 Å². The Morgan fingerprint density at radius 3 is 2.29 bits per heavy atom. The molecule has 0 spiro atoms. The van der Waals surface area contributed by atoms with E-state index in [2.05, 4.69) is 9.97 Å². The molecule has 0 aliphatic heterocycles. The van der Waals surface area contributed by atoms with Gasteiger partial charge in [0.05, 0.1) is 0 Å². The average Bonchev–Trinajstić information content (AvgIpc) is 2.19. The molecule has 0 saturated heterocycles. The largest absolute Gasteiger partial charge is 0.502 e. The van der Waals surface area contributed by atoms with E-state index in [1.54, 1.807) is 0 Å². The lowest BCUT2D eigenvalue weighted by atomic mass is 10.3. The molecule has 1 rings (SSSR count). The first kappa shape index (κ1) is 9.85. The minimum atomic E-state index is -1.57. The Labute approximate surface area is 78.6 Å². The zero-order chi connectivity index (χ0) is 10.6. The highest BCUT2D eigenvalue weighted by Crippen LogP contribution is 1.95. The van der Waals surface area contributed by atoms with Crippen molar-refractivity contribution in [2.45, 2.75) is 0 Å². The average molecular weight is 194 g/mol. The van der Waals surface area contributed by atoms with E-state index in [0.29, 0.717) is 6.08 Å². The summed E-state index contributed by atoms with van der Waals surface area (Å²) >= 11 is 0. The topological polar surface area (TPSA) is 100 Å². The Balaban J connectivity index is 2.88. The third-order valence-corrected chi connectivity index (χ3v) is 1.27. The van der Waals surface area contributed by atoms with Crippen LogP contribution >= 0.6 is 0 Å². The number of aromatic nitrogens is 2. The zero-order valence-corrected chi connectivity index (χ0v) is 6.91. The monoisotopic (exact) mass is 194 g/mol. The highest BCUT2D eigenvalue weighted by atomic mass is 16.4. The van der Waals surface area contributed by atoms with Gasteiger partial charge in [-0.15, -0.1) is 0 Å². The van der Waals surface area contributed by atoms with Crippen molar-refractivity contribution in [1.29, 1.82) is 0 Å². The summed E-state index contributed by atoms with van der Waals surface area (Å²) in [5.74, 6) is -3.54. The number of aliphatic hydroxyl groups excluding tert-OH is 1. The van der Waals surface area contributed by atoms with Crippen LogP contribution in [0.25, 0.3) is 0 Å². The lowest BCUT2D eigenvalue weighted by molar-refractivity contribution is -0.135. The summed E-state index contributed by atoms with van der Waals surface area (Å²) < 4.78 is 0. The number of hydrogen-bond acceptors (Lipinski definition) is 5. The first-order valence-corrected chi connectivity index (χ1v) is 3.56. The second-order valence-corrected chi connectivity index (χ2v) is 2.27. The summed E-state index contributed by atoms with van der Waals surface area (Å²) in [5, 5.41) is 17.0. The zero-order valence-electron chi connectivity index (χ0n) is 6.91. The molecule has 6 heteroatoms. The van der Waals surface area contributed by atoms with Crippen molar-refractivity contribution in [3.63, 3.8) is 0 Å². The quantitative estimate of drug-likeness (QED) is 0.404. The lowest BCUT2D eigenvalue weighted by Gasteiger charge is -1.92. The van der Waals surface area contributed by atoms with Crippen molar-refractivity contribution < 1.29 is 19.8 Å². The van der Waals surface area contributed by atoms with E-state index in [1.165, 1.54) is 18.5 Å². The van der Waals surface area contributed by atoms with E-state index in [4.69, 9.17) is 10.2 Å². The summed E-state index contributed by atoms with van der Waals surface area (Å²) in [5.41, 5.74) is 0. The molecule has 0 bridgehead atoms. The maximum atomic E-state index is 11.1. The lowest BCUT2D eigenvalue weighted by Crippen LogP contribution is -2.06. The maximum Gasteiger partial charge on any atom is 0.371 e. The first-order valence-electron chi connectivity index (χ1n) is 3.56. The SMILES string of the molecule is O=C(O)/C(O)=C/C(=O)c1ncccn1. The van der Waals surface area contributed by atoms with E-state index < -0.39 is 17.5 Å². The minimum Gasteiger partial charge on any atom is -0.502 e. The highest BCUT2D eigenvalue weighted by molar-refractivity contribution is 6.05. The molecule has 72 valence electrons. The van der Waals surface area contributed by atoms with Crippen molar-refractivity contribution >= 4 is 11.8 Å². The molecular weight excluding hydrogens is 188 g/mol. The van der Waals surface area contributed by atoms with Gasteiger partial charge in [0.1, 0.15) is 0 Å². The molecule has 0 unspecified atom stereocenters. The number of carbonyl (C=O) groups excluding carboxylic acids is 1. The van der Waals surface area contributed by atoms with E-state index in [1.807, 2.05) is 0 Å². The molecule has 1 aromatic rings. The number of aliphatic hydroxyl groups is 1. The maximum absolute atomic E-state index is 11.1. The van der Waals surface area contributed by atoms with Crippen LogP contribution in [0.3, 0.4) is 0 Å². The van der Waals surface area contributed by atoms with Gasteiger partial charge in [-0.1, -0.05) is 0 Å². The molecule has 0 aliphatic rings. The molecule has 1 aromatic heterocycles. The molecule has 0 aliphatic carbocycles. The van der Waals surface area contributed by atoms with Gasteiger partial charge >= 0.3 is 5.97 Å². The van der Waals surface area contributed by atoms with Gasteiger partial charge in [0.25, 0.3) is 0 Å². The van der Waals surface area contributed by atoms with Crippen LogP contribution < -0.4 is 0 Å². The van der Waals surface area contributed by atoms with E-state index in [0.717, 1.165) is 0 Å². The number of nitrogens with zero attached hydrogens (tertiary/aromatic N) is 2. The minimum absolute atomic E-state index is 0.166. The van der Waals surface area contributed by atoms with Gasteiger partial charge in [-0.2, -0.15) is 0 Å². The highest BCUT2D eigenvalue weighted by Gasteiger charge is 2.10. The van der Waals surface area contributed by atoms with Gasteiger partial charge in [-0.25, -0.2) is 14.8 Å². The normalized spacial score (nSPS) is 11.0. The number of aliphatic carboxylic acids is 1. The third-order valence-electron chi connectivity index (χ3n) is 1.27. The van der Waals surface area contributed by atoms with Gasteiger partial charge in [-0.3, -0.25) is 4.79 Å². The Bertz CT molecular complexity index is 386. The standard InChI is InChI=1S/C8H6N2O4/c11-5(4-6(12)8(13)14)7-9-2-1-3-10-7/h1-4,12H,(H,13,14)/b6-4-. The fraction of sp³-hybridized carbons (Fsp3) is 0. The van der Waals surface area contributed by atoms with Crippen LogP contribution in [0.4, 0.5) is 0 Å². The van der Waals surface area contributed by atoms with Crippen molar-refractivity contribution in [2.75, 3.05) is 0 Å². The predicted molar refractivity (Wildman–Crippen MR) is 44.7 cm³/mol. The molecule has 0 amide bonds. The molecule has 2 N–H and O–H groups in total. The number of hydrogen-bond donors (Lipinski definition) is 2. The van der Waals surface area contributed by atoms with Crippen molar-refractivity contribution in [2.24, 2.45) is 0 Å². The summed E-state index contributed by atoms with van der Waals surface area (Å²) in [6, 6.07) is 1.51. The number of carboxylic acid groups (broad SMARTS) is 1. The molecule has 0 fully saturated rings. The van der Waals surface area contributed by atoms with E-state index >= 15 is 0 Å². The fourth-order valence-corrected chi connectivity index (χ4v) is 0.677. The van der Waals surface area contributed by atoms with Crippen molar-refractivity contribution in [3.8, 4) is 0 Å². The summed E-state index contributed by atoms with van der Waals surface area (Å²) in [6.45, 7) is 0. The summed E-state index contributed by atoms with van der Waals surface area (Å²) in [4.78, 5) is 28.5. The molecule has 1 heterocycles. The molecular formula is C8H6N2O4.